The molecule has 0 spiro atoms. The maximum Gasteiger partial charge on any atom is 0.254 e. The number of hydrogen-bond donors (Lipinski definition) is 1. The van der Waals surface area contributed by atoms with Crippen molar-refractivity contribution in [2.75, 3.05) is 26.2 Å². The summed E-state index contributed by atoms with van der Waals surface area (Å²) in [5.74, 6) is 0.0622. The zero-order valence-corrected chi connectivity index (χ0v) is 20.7. The van der Waals surface area contributed by atoms with Gasteiger partial charge in [0.1, 0.15) is 5.01 Å². The van der Waals surface area contributed by atoms with Gasteiger partial charge in [0.2, 0.25) is 5.91 Å². The van der Waals surface area contributed by atoms with Gasteiger partial charge < -0.3 is 15.1 Å². The summed E-state index contributed by atoms with van der Waals surface area (Å²) in [4.78, 5) is 33.9. The standard InChI is InChI=1S/C24H32N4O2S.ClH/c1-17(29)26-24(2,3)21-16-31-22(25-21)18-8-10-19(11-9-18)23(30)28-14-6-7-20(28)15-27-12-4-5-13-27;/h8-11,16,20H,4-7,12-15H2,1-3H3,(H,26,29);1H. The van der Waals surface area contributed by atoms with Crippen LogP contribution in [0, 0.1) is 0 Å². The molecule has 1 N–H and O–H groups in total. The van der Waals surface area contributed by atoms with Crippen LogP contribution in [-0.2, 0) is 10.3 Å². The van der Waals surface area contributed by atoms with Gasteiger partial charge in [0.25, 0.3) is 5.91 Å². The minimum atomic E-state index is -0.517. The van der Waals surface area contributed by atoms with Crippen molar-refractivity contribution in [2.45, 2.75) is 58.0 Å². The molecule has 2 aliphatic rings. The highest BCUT2D eigenvalue weighted by Crippen LogP contribution is 2.30. The SMILES string of the molecule is CC(=O)NC(C)(C)c1csc(-c2ccc(C(=O)N3CCCC3CN3CCCC3)cc2)n1.Cl. The molecule has 1 atom stereocenters. The first-order chi connectivity index (χ1) is 14.8. The summed E-state index contributed by atoms with van der Waals surface area (Å²) in [6.45, 7) is 9.61. The minimum Gasteiger partial charge on any atom is -0.346 e. The second-order valence-corrected chi connectivity index (χ2v) is 10.1. The fourth-order valence-corrected chi connectivity index (χ4v) is 5.67. The monoisotopic (exact) mass is 476 g/mol. The third kappa shape index (κ3) is 5.50. The Labute approximate surface area is 200 Å². The number of nitrogens with one attached hydrogen (secondary N) is 1. The van der Waals surface area contributed by atoms with Crippen LogP contribution in [0.4, 0.5) is 0 Å². The van der Waals surface area contributed by atoms with E-state index in [1.807, 2.05) is 43.5 Å². The molecule has 2 aliphatic heterocycles. The Morgan fingerprint density at radius 3 is 2.47 bits per heavy atom. The number of carbonyl (C=O) groups is 2. The number of thiazole rings is 1. The molecule has 2 amide bonds. The van der Waals surface area contributed by atoms with Crippen LogP contribution < -0.4 is 5.32 Å². The van der Waals surface area contributed by atoms with E-state index in [0.717, 1.165) is 47.8 Å². The second-order valence-electron chi connectivity index (χ2n) is 9.22. The molecule has 6 nitrogen and oxygen atoms in total. The van der Waals surface area contributed by atoms with Crippen molar-refractivity contribution in [3.8, 4) is 10.6 Å². The van der Waals surface area contributed by atoms with E-state index in [9.17, 15) is 9.59 Å². The highest BCUT2D eigenvalue weighted by molar-refractivity contribution is 7.13. The molecule has 2 fully saturated rings. The number of rotatable bonds is 6. The van der Waals surface area contributed by atoms with Gasteiger partial charge >= 0.3 is 0 Å². The third-order valence-corrected chi connectivity index (χ3v) is 7.21. The molecule has 2 saturated heterocycles. The highest BCUT2D eigenvalue weighted by atomic mass is 35.5. The number of hydrogen-bond acceptors (Lipinski definition) is 5. The van der Waals surface area contributed by atoms with Crippen LogP contribution in [0.15, 0.2) is 29.6 Å². The Hall–Kier alpha value is -1.96. The Morgan fingerprint density at radius 1 is 1.12 bits per heavy atom. The maximum atomic E-state index is 13.2. The lowest BCUT2D eigenvalue weighted by molar-refractivity contribution is -0.120. The first-order valence-electron chi connectivity index (χ1n) is 11.2. The van der Waals surface area contributed by atoms with E-state index in [-0.39, 0.29) is 24.2 Å². The maximum absolute atomic E-state index is 13.2. The number of benzene rings is 1. The van der Waals surface area contributed by atoms with Crippen molar-refractivity contribution in [1.29, 1.82) is 0 Å². The highest BCUT2D eigenvalue weighted by Gasteiger charge is 2.31. The topological polar surface area (TPSA) is 65.5 Å². The van der Waals surface area contributed by atoms with Gasteiger partial charge in [0.15, 0.2) is 0 Å². The summed E-state index contributed by atoms with van der Waals surface area (Å²) in [6.07, 6.45) is 4.76. The summed E-state index contributed by atoms with van der Waals surface area (Å²) in [5.41, 5.74) is 2.05. The molecule has 3 heterocycles. The zero-order valence-electron chi connectivity index (χ0n) is 19.1. The summed E-state index contributed by atoms with van der Waals surface area (Å²) in [7, 11) is 0. The molecule has 0 aliphatic carbocycles. The van der Waals surface area contributed by atoms with E-state index in [4.69, 9.17) is 4.98 Å². The zero-order chi connectivity index (χ0) is 22.0. The summed E-state index contributed by atoms with van der Waals surface area (Å²) in [6, 6.07) is 8.13. The molecule has 0 saturated carbocycles. The van der Waals surface area contributed by atoms with E-state index >= 15 is 0 Å². The van der Waals surface area contributed by atoms with Crippen LogP contribution in [0.25, 0.3) is 10.6 Å². The fourth-order valence-electron chi connectivity index (χ4n) is 4.67. The van der Waals surface area contributed by atoms with E-state index in [1.54, 1.807) is 11.3 Å². The average Bonchev–Trinajstić information content (AvgIpc) is 3.49. The van der Waals surface area contributed by atoms with Crippen LogP contribution in [0.1, 0.15) is 62.5 Å². The average molecular weight is 477 g/mol. The summed E-state index contributed by atoms with van der Waals surface area (Å²) in [5, 5.41) is 5.81. The molecule has 174 valence electrons. The molecule has 0 radical (unpaired) electrons. The molecular formula is C24H33ClN4O2S. The van der Waals surface area contributed by atoms with Gasteiger partial charge in [-0.15, -0.1) is 23.7 Å². The van der Waals surface area contributed by atoms with Crippen LogP contribution in [0.2, 0.25) is 0 Å². The Bertz CT molecular complexity index is 938. The Kier molecular flexibility index (Phi) is 7.96. The van der Waals surface area contributed by atoms with Crippen LogP contribution >= 0.6 is 23.7 Å². The molecule has 4 rings (SSSR count). The van der Waals surface area contributed by atoms with Crippen molar-refractivity contribution < 1.29 is 9.59 Å². The molecule has 32 heavy (non-hydrogen) atoms. The van der Waals surface area contributed by atoms with Crippen LogP contribution in [0.3, 0.4) is 0 Å². The summed E-state index contributed by atoms with van der Waals surface area (Å²) < 4.78 is 0. The van der Waals surface area contributed by atoms with E-state index in [2.05, 4.69) is 15.1 Å². The van der Waals surface area contributed by atoms with Crippen molar-refractivity contribution in [1.82, 2.24) is 20.1 Å². The van der Waals surface area contributed by atoms with Gasteiger partial charge in [-0.05, 0) is 64.8 Å². The number of aromatic nitrogens is 1. The van der Waals surface area contributed by atoms with Gasteiger partial charge in [0, 0.05) is 42.6 Å². The van der Waals surface area contributed by atoms with Gasteiger partial charge in [0.05, 0.1) is 11.2 Å². The number of amides is 2. The fraction of sp³-hybridized carbons (Fsp3) is 0.542. The third-order valence-electron chi connectivity index (χ3n) is 6.32. The van der Waals surface area contributed by atoms with Crippen LogP contribution in [0.5, 0.6) is 0 Å². The van der Waals surface area contributed by atoms with E-state index < -0.39 is 5.54 Å². The Morgan fingerprint density at radius 2 is 1.81 bits per heavy atom. The molecule has 0 bridgehead atoms. The van der Waals surface area contributed by atoms with Crippen molar-refractivity contribution >= 4 is 35.6 Å². The molecular weight excluding hydrogens is 444 g/mol. The first kappa shape index (κ1) is 24.7. The quantitative estimate of drug-likeness (QED) is 0.674. The largest absolute Gasteiger partial charge is 0.346 e. The second kappa shape index (κ2) is 10.3. The molecule has 8 heteroatoms. The lowest BCUT2D eigenvalue weighted by Gasteiger charge is -2.28. The molecule has 1 aromatic heterocycles. The van der Waals surface area contributed by atoms with Gasteiger partial charge in [-0.1, -0.05) is 12.1 Å². The number of nitrogens with zero attached hydrogens (tertiary/aromatic N) is 3. The molecule has 1 aromatic carbocycles. The number of likely N-dealkylation sites (tertiary alicyclic amines) is 2. The van der Waals surface area contributed by atoms with E-state index in [0.29, 0.717) is 6.04 Å². The summed E-state index contributed by atoms with van der Waals surface area (Å²) >= 11 is 1.55. The normalized spacial score (nSPS) is 19.1. The predicted octanol–water partition coefficient (Wildman–Crippen LogP) is 4.30. The van der Waals surface area contributed by atoms with Gasteiger partial charge in [-0.3, -0.25) is 9.59 Å². The minimum absolute atomic E-state index is 0. The molecule has 1 unspecified atom stereocenters. The van der Waals surface area contributed by atoms with Gasteiger partial charge in [-0.25, -0.2) is 4.98 Å². The van der Waals surface area contributed by atoms with Crippen molar-refractivity contribution in [3.05, 3.63) is 40.9 Å². The smallest absolute Gasteiger partial charge is 0.254 e. The van der Waals surface area contributed by atoms with Gasteiger partial charge in [-0.2, -0.15) is 0 Å². The number of halogens is 1. The van der Waals surface area contributed by atoms with E-state index in [1.165, 1.54) is 32.9 Å². The lowest BCUT2D eigenvalue weighted by atomic mass is 10.0. The van der Waals surface area contributed by atoms with Crippen molar-refractivity contribution in [3.63, 3.8) is 0 Å². The first-order valence-corrected chi connectivity index (χ1v) is 12.1. The van der Waals surface area contributed by atoms with Crippen LogP contribution in [-0.4, -0.2) is 58.8 Å². The molecule has 2 aromatic rings. The van der Waals surface area contributed by atoms with Crippen molar-refractivity contribution in [2.24, 2.45) is 0 Å². The lowest BCUT2D eigenvalue weighted by Crippen LogP contribution is -2.42. The predicted molar refractivity (Wildman–Crippen MR) is 131 cm³/mol. The Balaban J connectivity index is 0.00000289. The number of carbonyl (C=O) groups excluding carboxylic acids is 2.